The van der Waals surface area contributed by atoms with E-state index in [1.54, 1.807) is 6.92 Å². The van der Waals surface area contributed by atoms with Crippen molar-refractivity contribution in [2.24, 2.45) is 0 Å². The van der Waals surface area contributed by atoms with Gasteiger partial charge in [0.15, 0.2) is 9.84 Å². The van der Waals surface area contributed by atoms with E-state index in [1.807, 2.05) is 6.92 Å². The molecule has 1 aliphatic rings. The molecule has 0 spiro atoms. The van der Waals surface area contributed by atoms with E-state index in [9.17, 15) is 13.5 Å². The number of aliphatic hydroxyl groups excluding tert-OH is 2. The van der Waals surface area contributed by atoms with Crippen LogP contribution in [0.25, 0.3) is 0 Å². The fraction of sp³-hybridized carbons (Fsp3) is 1.00. The average molecular weight is 237 g/mol. The van der Waals surface area contributed by atoms with Gasteiger partial charge >= 0.3 is 0 Å². The number of hydrogen-bond acceptors (Lipinski definition) is 5. The van der Waals surface area contributed by atoms with Crippen molar-refractivity contribution in [3.8, 4) is 0 Å². The fourth-order valence-corrected chi connectivity index (χ4v) is 3.69. The van der Waals surface area contributed by atoms with Crippen molar-refractivity contribution in [3.05, 3.63) is 0 Å². The van der Waals surface area contributed by atoms with E-state index in [2.05, 4.69) is 5.32 Å². The molecule has 5 nitrogen and oxygen atoms in total. The van der Waals surface area contributed by atoms with Crippen LogP contribution in [0, 0.1) is 0 Å². The van der Waals surface area contributed by atoms with Crippen molar-refractivity contribution >= 4 is 9.84 Å². The minimum Gasteiger partial charge on any atom is -0.393 e. The summed E-state index contributed by atoms with van der Waals surface area (Å²) < 4.78 is 22.4. The lowest BCUT2D eigenvalue weighted by molar-refractivity contribution is 0.139. The van der Waals surface area contributed by atoms with Gasteiger partial charge in [-0.05, 0) is 20.3 Å². The van der Waals surface area contributed by atoms with Gasteiger partial charge in [0.2, 0.25) is 0 Å². The highest BCUT2D eigenvalue weighted by Gasteiger charge is 2.36. The maximum Gasteiger partial charge on any atom is 0.154 e. The van der Waals surface area contributed by atoms with Crippen LogP contribution >= 0.6 is 0 Å². The molecule has 6 heteroatoms. The molecule has 0 radical (unpaired) electrons. The Hall–Kier alpha value is -0.170. The van der Waals surface area contributed by atoms with Gasteiger partial charge in [0.25, 0.3) is 0 Å². The van der Waals surface area contributed by atoms with E-state index in [-0.39, 0.29) is 17.5 Å². The molecule has 1 saturated heterocycles. The number of hydrogen-bond donors (Lipinski definition) is 3. The van der Waals surface area contributed by atoms with Crippen molar-refractivity contribution in [1.29, 1.82) is 0 Å². The van der Waals surface area contributed by atoms with Gasteiger partial charge in [-0.1, -0.05) is 0 Å². The van der Waals surface area contributed by atoms with Crippen LogP contribution in [-0.2, 0) is 9.84 Å². The molecule has 4 unspecified atom stereocenters. The second-order valence-electron chi connectivity index (χ2n) is 4.40. The smallest absolute Gasteiger partial charge is 0.154 e. The van der Waals surface area contributed by atoms with Crippen molar-refractivity contribution in [2.45, 2.75) is 44.6 Å². The number of sulfone groups is 1. The van der Waals surface area contributed by atoms with Crippen molar-refractivity contribution in [3.63, 3.8) is 0 Å². The zero-order valence-corrected chi connectivity index (χ0v) is 9.87. The maximum absolute atomic E-state index is 11.2. The molecule has 0 amide bonds. The topological polar surface area (TPSA) is 86.6 Å². The quantitative estimate of drug-likeness (QED) is 0.577. The van der Waals surface area contributed by atoms with E-state index in [0.29, 0.717) is 6.42 Å². The van der Waals surface area contributed by atoms with E-state index in [4.69, 9.17) is 5.11 Å². The Morgan fingerprint density at radius 1 is 1.40 bits per heavy atom. The Bertz CT molecular complexity index is 301. The van der Waals surface area contributed by atoms with E-state index < -0.39 is 28.1 Å². The molecule has 1 aliphatic heterocycles. The molecule has 90 valence electrons. The first-order valence-electron chi connectivity index (χ1n) is 5.13. The van der Waals surface area contributed by atoms with Gasteiger partial charge in [-0.25, -0.2) is 8.42 Å². The molecule has 3 N–H and O–H groups in total. The Balaban J connectivity index is 2.46. The summed E-state index contributed by atoms with van der Waals surface area (Å²) in [7, 11) is -3.09. The summed E-state index contributed by atoms with van der Waals surface area (Å²) in [6, 6.07) is -0.401. The molecule has 0 saturated carbocycles. The minimum atomic E-state index is -3.09. The summed E-state index contributed by atoms with van der Waals surface area (Å²) in [6.07, 6.45) is -0.711. The van der Waals surface area contributed by atoms with Gasteiger partial charge in [-0.15, -0.1) is 0 Å². The van der Waals surface area contributed by atoms with Gasteiger partial charge in [-0.3, -0.25) is 0 Å². The third-order valence-corrected chi connectivity index (χ3v) is 4.23. The second-order valence-corrected chi connectivity index (χ2v) is 6.56. The van der Waals surface area contributed by atoms with Crippen LogP contribution in [0.4, 0.5) is 0 Å². The third kappa shape index (κ3) is 4.06. The fourth-order valence-electron chi connectivity index (χ4n) is 1.93. The summed E-state index contributed by atoms with van der Waals surface area (Å²) >= 11 is 0. The summed E-state index contributed by atoms with van der Waals surface area (Å²) in [4.78, 5) is 0. The summed E-state index contributed by atoms with van der Waals surface area (Å²) in [5.74, 6) is -0.176. The van der Waals surface area contributed by atoms with Crippen LogP contribution in [0.15, 0.2) is 0 Å². The van der Waals surface area contributed by atoms with Crippen molar-refractivity contribution < 1.29 is 18.6 Å². The SMILES string of the molecule is CC(O)CC(C)NC1CS(=O)(=O)CC1O. The monoisotopic (exact) mass is 237 g/mol. The molecule has 15 heavy (non-hydrogen) atoms. The first-order chi connectivity index (χ1) is 6.80. The Morgan fingerprint density at radius 2 is 2.00 bits per heavy atom. The molecule has 1 rings (SSSR count). The average Bonchev–Trinajstić information content (AvgIpc) is 2.22. The zero-order valence-electron chi connectivity index (χ0n) is 9.05. The first-order valence-corrected chi connectivity index (χ1v) is 6.95. The highest BCUT2D eigenvalue weighted by Crippen LogP contribution is 2.13. The second kappa shape index (κ2) is 4.78. The standard InChI is InChI=1S/C9H19NO4S/c1-6(3-7(2)11)10-8-4-15(13,14)5-9(8)12/h6-12H,3-5H2,1-2H3. The third-order valence-electron chi connectivity index (χ3n) is 2.52. The van der Waals surface area contributed by atoms with E-state index >= 15 is 0 Å². The lowest BCUT2D eigenvalue weighted by Crippen LogP contribution is -2.44. The molecular weight excluding hydrogens is 218 g/mol. The lowest BCUT2D eigenvalue weighted by Gasteiger charge is -2.21. The predicted octanol–water partition coefficient (Wildman–Crippen LogP) is -1.11. The number of aliphatic hydroxyl groups is 2. The van der Waals surface area contributed by atoms with E-state index in [0.717, 1.165) is 0 Å². The van der Waals surface area contributed by atoms with Gasteiger partial charge < -0.3 is 15.5 Å². The van der Waals surface area contributed by atoms with Crippen LogP contribution in [0.5, 0.6) is 0 Å². The molecule has 0 aromatic rings. The number of rotatable bonds is 4. The van der Waals surface area contributed by atoms with Crippen LogP contribution in [0.3, 0.4) is 0 Å². The summed E-state index contributed by atoms with van der Waals surface area (Å²) in [5, 5.41) is 21.7. The normalized spacial score (nSPS) is 33.9. The number of nitrogens with one attached hydrogen (secondary N) is 1. The molecule has 1 fully saturated rings. The van der Waals surface area contributed by atoms with Crippen LogP contribution in [0.1, 0.15) is 20.3 Å². The van der Waals surface area contributed by atoms with Gasteiger partial charge in [0, 0.05) is 12.1 Å². The molecule has 0 aromatic heterocycles. The Morgan fingerprint density at radius 3 is 2.40 bits per heavy atom. The zero-order chi connectivity index (χ0) is 11.6. The molecule has 4 atom stereocenters. The summed E-state index contributed by atoms with van der Waals surface area (Å²) in [5.41, 5.74) is 0. The van der Waals surface area contributed by atoms with Crippen LogP contribution in [-0.4, -0.2) is 54.4 Å². The lowest BCUT2D eigenvalue weighted by atomic mass is 10.1. The van der Waals surface area contributed by atoms with Crippen molar-refractivity contribution in [1.82, 2.24) is 5.32 Å². The highest BCUT2D eigenvalue weighted by molar-refractivity contribution is 7.91. The van der Waals surface area contributed by atoms with Gasteiger partial charge in [0.1, 0.15) is 0 Å². The molecule has 0 bridgehead atoms. The maximum atomic E-state index is 11.2. The van der Waals surface area contributed by atoms with Gasteiger partial charge in [0.05, 0.1) is 23.7 Å². The molecule has 0 aromatic carbocycles. The summed E-state index contributed by atoms with van der Waals surface area (Å²) in [6.45, 7) is 3.55. The van der Waals surface area contributed by atoms with Crippen molar-refractivity contribution in [2.75, 3.05) is 11.5 Å². The highest BCUT2D eigenvalue weighted by atomic mass is 32.2. The van der Waals surface area contributed by atoms with Gasteiger partial charge in [-0.2, -0.15) is 0 Å². The predicted molar refractivity (Wildman–Crippen MR) is 57.3 cm³/mol. The largest absolute Gasteiger partial charge is 0.393 e. The Labute approximate surface area is 90.4 Å². The van der Waals surface area contributed by atoms with E-state index in [1.165, 1.54) is 0 Å². The first kappa shape index (κ1) is 12.9. The van der Waals surface area contributed by atoms with Crippen LogP contribution in [0.2, 0.25) is 0 Å². The Kier molecular flexibility index (Phi) is 4.11. The van der Waals surface area contributed by atoms with Crippen LogP contribution < -0.4 is 5.32 Å². The molecule has 1 heterocycles. The molecule has 0 aliphatic carbocycles. The minimum absolute atomic E-state index is 0.00190. The molecular formula is C9H19NO4S.